The standard InChI is InChI=1S/C20H30O4/c1-2-24-20(23)16-8-4-6-12-18-14-10-9-13-17(18)11-5-3-7-15-19(21)22/h9-10,13-14H,2-8,11-12,15-16H2,1H3,(H,21,22). The number of benzene rings is 1. The molecule has 0 radical (unpaired) electrons. The van der Waals surface area contributed by atoms with Crippen LogP contribution in [0.1, 0.15) is 69.4 Å². The molecule has 4 heteroatoms. The highest BCUT2D eigenvalue weighted by Crippen LogP contribution is 2.16. The number of carbonyl (C=O) groups excluding carboxylic acids is 1. The minimum Gasteiger partial charge on any atom is -0.481 e. The van der Waals surface area contributed by atoms with Gasteiger partial charge in [-0.15, -0.1) is 0 Å². The van der Waals surface area contributed by atoms with Gasteiger partial charge in [0.1, 0.15) is 0 Å². The van der Waals surface area contributed by atoms with Gasteiger partial charge in [0, 0.05) is 12.8 Å². The van der Waals surface area contributed by atoms with Crippen LogP contribution in [0.15, 0.2) is 24.3 Å². The van der Waals surface area contributed by atoms with Gasteiger partial charge in [0.15, 0.2) is 0 Å². The fraction of sp³-hybridized carbons (Fsp3) is 0.600. The molecule has 0 atom stereocenters. The summed E-state index contributed by atoms with van der Waals surface area (Å²) in [4.78, 5) is 21.8. The fourth-order valence-corrected chi connectivity index (χ4v) is 2.81. The number of hydrogen-bond acceptors (Lipinski definition) is 3. The Bertz CT molecular complexity index is 496. The summed E-state index contributed by atoms with van der Waals surface area (Å²) in [5.74, 6) is -0.808. The van der Waals surface area contributed by atoms with Crippen molar-refractivity contribution in [1.82, 2.24) is 0 Å². The second-order valence-corrected chi connectivity index (χ2v) is 6.09. The van der Waals surface area contributed by atoms with Crippen LogP contribution in [-0.2, 0) is 27.2 Å². The number of ether oxygens (including phenoxy) is 1. The molecule has 0 fully saturated rings. The Kier molecular flexibility index (Phi) is 10.6. The third-order valence-electron chi connectivity index (χ3n) is 4.09. The van der Waals surface area contributed by atoms with Gasteiger partial charge in [0.05, 0.1) is 6.61 Å². The van der Waals surface area contributed by atoms with Gasteiger partial charge >= 0.3 is 11.9 Å². The number of esters is 1. The van der Waals surface area contributed by atoms with Crippen LogP contribution in [0.25, 0.3) is 0 Å². The maximum atomic E-state index is 11.3. The van der Waals surface area contributed by atoms with Gasteiger partial charge < -0.3 is 9.84 Å². The SMILES string of the molecule is CCOC(=O)CCCCCc1ccccc1CCCCCC(=O)O. The minimum absolute atomic E-state index is 0.0979. The zero-order chi connectivity index (χ0) is 17.6. The van der Waals surface area contributed by atoms with Gasteiger partial charge in [-0.3, -0.25) is 9.59 Å². The van der Waals surface area contributed by atoms with Crippen molar-refractivity contribution in [3.05, 3.63) is 35.4 Å². The first-order valence-electron chi connectivity index (χ1n) is 9.07. The number of hydrogen-bond donors (Lipinski definition) is 1. The molecule has 1 rings (SSSR count). The van der Waals surface area contributed by atoms with Crippen LogP contribution >= 0.6 is 0 Å². The molecule has 134 valence electrons. The molecule has 0 unspecified atom stereocenters. The molecule has 0 amide bonds. The first-order chi connectivity index (χ1) is 11.6. The third kappa shape index (κ3) is 9.33. The summed E-state index contributed by atoms with van der Waals surface area (Å²) in [6.07, 6.45) is 8.57. The highest BCUT2D eigenvalue weighted by molar-refractivity contribution is 5.69. The third-order valence-corrected chi connectivity index (χ3v) is 4.09. The van der Waals surface area contributed by atoms with E-state index in [1.54, 1.807) is 0 Å². The number of carboxylic acid groups (broad SMARTS) is 1. The minimum atomic E-state index is -0.710. The number of unbranched alkanes of at least 4 members (excludes halogenated alkanes) is 4. The van der Waals surface area contributed by atoms with E-state index >= 15 is 0 Å². The first kappa shape index (κ1) is 20.2. The average molecular weight is 334 g/mol. The lowest BCUT2D eigenvalue weighted by Crippen LogP contribution is -2.03. The highest BCUT2D eigenvalue weighted by Gasteiger charge is 2.04. The molecule has 1 aromatic rings. The molecular formula is C20H30O4. The quantitative estimate of drug-likeness (QED) is 0.425. The van der Waals surface area contributed by atoms with Crippen LogP contribution in [-0.4, -0.2) is 23.7 Å². The van der Waals surface area contributed by atoms with Crippen LogP contribution in [0.3, 0.4) is 0 Å². The normalized spacial score (nSPS) is 10.5. The van der Waals surface area contributed by atoms with E-state index in [0.29, 0.717) is 13.0 Å². The van der Waals surface area contributed by atoms with Crippen molar-refractivity contribution < 1.29 is 19.4 Å². The Morgan fingerprint density at radius 3 is 1.92 bits per heavy atom. The Morgan fingerprint density at radius 2 is 1.42 bits per heavy atom. The summed E-state index contributed by atoms with van der Waals surface area (Å²) in [5.41, 5.74) is 2.75. The number of rotatable bonds is 13. The van der Waals surface area contributed by atoms with E-state index in [9.17, 15) is 9.59 Å². The van der Waals surface area contributed by atoms with Crippen LogP contribution < -0.4 is 0 Å². The monoisotopic (exact) mass is 334 g/mol. The largest absolute Gasteiger partial charge is 0.481 e. The molecule has 1 N–H and O–H groups in total. The van der Waals surface area contributed by atoms with Crippen molar-refractivity contribution in [3.8, 4) is 0 Å². The molecule has 0 aliphatic rings. The summed E-state index contributed by atoms with van der Waals surface area (Å²) >= 11 is 0. The Hall–Kier alpha value is -1.84. The van der Waals surface area contributed by atoms with Crippen LogP contribution in [0, 0.1) is 0 Å². The fourth-order valence-electron chi connectivity index (χ4n) is 2.81. The zero-order valence-electron chi connectivity index (χ0n) is 14.8. The lowest BCUT2D eigenvalue weighted by atomic mass is 9.97. The average Bonchev–Trinajstić information content (AvgIpc) is 2.55. The molecule has 0 saturated carbocycles. The van der Waals surface area contributed by atoms with Gasteiger partial charge in [-0.1, -0.05) is 37.1 Å². The van der Waals surface area contributed by atoms with Crippen LogP contribution in [0.5, 0.6) is 0 Å². The second-order valence-electron chi connectivity index (χ2n) is 6.09. The molecule has 24 heavy (non-hydrogen) atoms. The van der Waals surface area contributed by atoms with E-state index in [1.807, 2.05) is 6.92 Å². The van der Waals surface area contributed by atoms with E-state index in [4.69, 9.17) is 9.84 Å². The summed E-state index contributed by atoms with van der Waals surface area (Å²) in [7, 11) is 0. The Labute approximate surface area is 145 Å². The highest BCUT2D eigenvalue weighted by atomic mass is 16.5. The molecule has 0 aliphatic carbocycles. The summed E-state index contributed by atoms with van der Waals surface area (Å²) < 4.78 is 4.93. The van der Waals surface area contributed by atoms with E-state index < -0.39 is 5.97 Å². The van der Waals surface area contributed by atoms with Gasteiger partial charge in [0.2, 0.25) is 0 Å². The number of carbonyl (C=O) groups is 2. The predicted octanol–water partition coefficient (Wildman–Crippen LogP) is 4.54. The number of aryl methyl sites for hydroxylation is 2. The van der Waals surface area contributed by atoms with Gasteiger partial charge in [-0.2, -0.15) is 0 Å². The van der Waals surface area contributed by atoms with Crippen molar-refractivity contribution in [2.45, 2.75) is 71.1 Å². The molecule has 0 heterocycles. The summed E-state index contributed by atoms with van der Waals surface area (Å²) in [6, 6.07) is 8.49. The van der Waals surface area contributed by atoms with E-state index in [1.165, 1.54) is 11.1 Å². The van der Waals surface area contributed by atoms with E-state index in [2.05, 4.69) is 24.3 Å². The van der Waals surface area contributed by atoms with Crippen molar-refractivity contribution in [2.24, 2.45) is 0 Å². The summed E-state index contributed by atoms with van der Waals surface area (Å²) in [6.45, 7) is 2.29. The Balaban J connectivity index is 2.25. The van der Waals surface area contributed by atoms with Crippen LogP contribution in [0.2, 0.25) is 0 Å². The van der Waals surface area contributed by atoms with Gasteiger partial charge in [-0.25, -0.2) is 0 Å². The lowest BCUT2D eigenvalue weighted by Gasteiger charge is -2.09. The molecule has 0 aliphatic heterocycles. The van der Waals surface area contributed by atoms with E-state index in [0.717, 1.165) is 51.4 Å². The molecule has 4 nitrogen and oxygen atoms in total. The van der Waals surface area contributed by atoms with Crippen molar-refractivity contribution >= 4 is 11.9 Å². The summed E-state index contributed by atoms with van der Waals surface area (Å²) in [5, 5.41) is 8.65. The molecule has 0 aromatic heterocycles. The molecule has 0 bridgehead atoms. The lowest BCUT2D eigenvalue weighted by molar-refractivity contribution is -0.143. The van der Waals surface area contributed by atoms with Crippen molar-refractivity contribution in [2.75, 3.05) is 6.61 Å². The van der Waals surface area contributed by atoms with Crippen molar-refractivity contribution in [1.29, 1.82) is 0 Å². The molecular weight excluding hydrogens is 304 g/mol. The maximum absolute atomic E-state index is 11.3. The zero-order valence-corrected chi connectivity index (χ0v) is 14.8. The molecule has 1 aromatic carbocycles. The van der Waals surface area contributed by atoms with Gasteiger partial charge in [-0.05, 0) is 56.6 Å². The topological polar surface area (TPSA) is 63.6 Å². The molecule has 0 saturated heterocycles. The van der Waals surface area contributed by atoms with E-state index in [-0.39, 0.29) is 12.4 Å². The molecule has 0 spiro atoms. The first-order valence-corrected chi connectivity index (χ1v) is 9.07. The Morgan fingerprint density at radius 1 is 0.875 bits per heavy atom. The number of carboxylic acids is 1. The van der Waals surface area contributed by atoms with Gasteiger partial charge in [0.25, 0.3) is 0 Å². The smallest absolute Gasteiger partial charge is 0.305 e. The number of aliphatic carboxylic acids is 1. The van der Waals surface area contributed by atoms with Crippen LogP contribution in [0.4, 0.5) is 0 Å². The second kappa shape index (κ2) is 12.6. The maximum Gasteiger partial charge on any atom is 0.305 e. The van der Waals surface area contributed by atoms with Crippen molar-refractivity contribution in [3.63, 3.8) is 0 Å². The predicted molar refractivity (Wildman–Crippen MR) is 95.1 cm³/mol.